The van der Waals surface area contributed by atoms with Crippen LogP contribution in [0.1, 0.15) is 0 Å². The summed E-state index contributed by atoms with van der Waals surface area (Å²) < 4.78 is 458. The van der Waals surface area contributed by atoms with Crippen LogP contribution in [0.25, 0.3) is 0 Å². The summed E-state index contributed by atoms with van der Waals surface area (Å²) in [4.78, 5) is 0. The van der Waals surface area contributed by atoms with Crippen LogP contribution >= 0.6 is 0 Å². The second kappa shape index (κ2) is 13.3. The lowest BCUT2D eigenvalue weighted by Gasteiger charge is -2.46. The van der Waals surface area contributed by atoms with Gasteiger partial charge in [0.1, 0.15) is 0 Å². The second-order valence-corrected chi connectivity index (χ2v) is 12.0. The number of hydrogen-bond donors (Lipinski definition) is 0. The van der Waals surface area contributed by atoms with Gasteiger partial charge in [0.05, 0.1) is 0 Å². The van der Waals surface area contributed by atoms with E-state index in [1.165, 1.54) is 0 Å². The Morgan fingerprint density at radius 2 is 0.500 bits per heavy atom. The monoisotopic (exact) mass is 910 g/mol. The minimum atomic E-state index is -11.6. The van der Waals surface area contributed by atoms with E-state index in [1.54, 1.807) is 8.85 Å². The maximum Gasteiger partial charge on any atom is 0.653 e. The van der Waals surface area contributed by atoms with Crippen molar-refractivity contribution >= 4 is 8.56 Å². The van der Waals surface area contributed by atoms with E-state index in [1.807, 2.05) is 0 Å². The summed E-state index contributed by atoms with van der Waals surface area (Å²) in [5, 5.41) is 0. The van der Waals surface area contributed by atoms with E-state index < -0.39 is 109 Å². The number of alkyl halides is 30. The molecule has 0 atom stereocenters. The molecule has 0 fully saturated rings. The fourth-order valence-electron chi connectivity index (χ4n) is 2.90. The van der Waals surface area contributed by atoms with Crippen molar-refractivity contribution in [3.63, 3.8) is 0 Å². The molecule has 0 spiro atoms. The lowest BCUT2D eigenvalue weighted by molar-refractivity contribution is -0.473. The van der Waals surface area contributed by atoms with Gasteiger partial charge < -0.3 is 8.85 Å². The molecule has 0 aliphatic carbocycles. The van der Waals surface area contributed by atoms with Gasteiger partial charge in [0.15, 0.2) is 0 Å². The van der Waals surface area contributed by atoms with Crippen molar-refractivity contribution in [1.82, 2.24) is 0 Å². The van der Waals surface area contributed by atoms with Gasteiger partial charge in [-0.05, 0) is 0 Å². The van der Waals surface area contributed by atoms with Crippen molar-refractivity contribution in [3.8, 4) is 0 Å². The largest absolute Gasteiger partial charge is 0.653 e. The molecule has 0 N–H and O–H groups in total. The zero-order chi connectivity index (χ0) is 44.7. The summed E-state index contributed by atoms with van der Waals surface area (Å²) >= 11 is 0. The third kappa shape index (κ3) is 7.08. The number of allylic oxidation sites excluding steroid dienone is 2. The van der Waals surface area contributed by atoms with E-state index in [4.69, 9.17) is 0 Å². The van der Waals surface area contributed by atoms with Crippen LogP contribution in [0.2, 0.25) is 0 Å². The highest BCUT2D eigenvalue weighted by atomic mass is 28.4. The van der Waals surface area contributed by atoms with Crippen molar-refractivity contribution in [2.24, 2.45) is 0 Å². The minimum Gasteiger partial charge on any atom is -0.496 e. The van der Waals surface area contributed by atoms with Gasteiger partial charge in [-0.1, -0.05) is 0 Å². The SMILES string of the molecule is FC(F)=C(O[Si](OC(=C(F)F)C(F)(F)F)(C(F)(F)F)C(F)(F)C(F)(F)C(F)(F)C(F)(F)C(F)(F)C(F)(F)C(F)(F)C(F)(F)C(F)(F)C(F)(F)F)C(F)(F)F. The molecule has 0 saturated heterocycles. The third-order valence-corrected chi connectivity index (χ3v) is 8.52. The molecule has 0 aliphatic heterocycles. The smallest absolute Gasteiger partial charge is 0.496 e. The predicted molar refractivity (Wildman–Crippen MR) is 95.2 cm³/mol. The first-order chi connectivity index (χ1) is 22.8. The average molecular weight is 910 g/mol. The summed E-state index contributed by atoms with van der Waals surface area (Å²) in [6, 6.07) is 0. The molecule has 0 radical (unpaired) electrons. The minimum absolute atomic E-state index is 1.56. The summed E-state index contributed by atoms with van der Waals surface area (Å²) in [6.07, 6.45) is -34.7. The maximum absolute atomic E-state index is 14.8. The third-order valence-electron chi connectivity index (χ3n) is 5.65. The average Bonchev–Trinajstić information content (AvgIpc) is 2.88. The fraction of sp³-hybridized carbons (Fsp3) is 0.765. The summed E-state index contributed by atoms with van der Waals surface area (Å²) in [7, 11) is -11.6. The molecular formula is C17F34O2Si. The molecule has 0 bridgehead atoms. The highest BCUT2D eigenvalue weighted by molar-refractivity contribution is 6.73. The molecule has 0 unspecified atom stereocenters. The van der Waals surface area contributed by atoms with E-state index in [9.17, 15) is 149 Å². The quantitative estimate of drug-likeness (QED) is 0.104. The van der Waals surface area contributed by atoms with Crippen molar-refractivity contribution < 1.29 is 158 Å². The molecular weight excluding hydrogens is 910 g/mol. The van der Waals surface area contributed by atoms with Crippen LogP contribution in [0.15, 0.2) is 23.7 Å². The molecule has 0 aromatic rings. The van der Waals surface area contributed by atoms with Gasteiger partial charge in [0.25, 0.3) is 11.5 Å². The zero-order valence-corrected chi connectivity index (χ0v) is 23.7. The number of rotatable bonds is 13. The molecule has 0 aromatic carbocycles. The zero-order valence-electron chi connectivity index (χ0n) is 22.7. The van der Waals surface area contributed by atoms with Gasteiger partial charge in [-0.3, -0.25) is 0 Å². The van der Waals surface area contributed by atoms with Crippen LogP contribution in [0.4, 0.5) is 149 Å². The standard InChI is InChI=1S/C17F34O2Si/c18-3(19)1(5(22,23)24)52-54(17(49,50)51,53-2(4(20)21)6(25,26)27)16(47,48)14(42,43)12(38,39)10(34,35)8(30,31)7(28,29)9(32,33)11(36,37)13(40,41)15(44,45)46. The molecule has 0 rings (SSSR count). The van der Waals surface area contributed by atoms with E-state index in [-0.39, 0.29) is 0 Å². The van der Waals surface area contributed by atoms with Gasteiger partial charge in [-0.25, -0.2) is 0 Å². The van der Waals surface area contributed by atoms with E-state index in [0.717, 1.165) is 0 Å². The van der Waals surface area contributed by atoms with Gasteiger partial charge in [-0.2, -0.15) is 149 Å². The summed E-state index contributed by atoms with van der Waals surface area (Å²) in [6.45, 7) is 0. The first-order valence-corrected chi connectivity index (χ1v) is 12.8. The highest BCUT2D eigenvalue weighted by Crippen LogP contribution is 2.67. The lowest BCUT2D eigenvalue weighted by Crippen LogP contribution is -2.81. The van der Waals surface area contributed by atoms with Gasteiger partial charge in [0.2, 0.25) is 0 Å². The van der Waals surface area contributed by atoms with Crippen molar-refractivity contribution in [2.75, 3.05) is 0 Å². The van der Waals surface area contributed by atoms with Gasteiger partial charge >= 0.3 is 98.0 Å². The Kier molecular flexibility index (Phi) is 12.5. The van der Waals surface area contributed by atoms with Crippen LogP contribution in [0, 0.1) is 0 Å². The van der Waals surface area contributed by atoms with Crippen molar-refractivity contribution in [3.05, 3.63) is 23.7 Å². The Labute approximate surface area is 269 Å². The van der Waals surface area contributed by atoms with Crippen LogP contribution in [-0.4, -0.2) is 85.8 Å². The lowest BCUT2D eigenvalue weighted by atomic mass is 9.87. The number of halogens is 34. The van der Waals surface area contributed by atoms with Gasteiger partial charge in [-0.15, -0.1) is 0 Å². The van der Waals surface area contributed by atoms with E-state index in [2.05, 4.69) is 0 Å². The van der Waals surface area contributed by atoms with E-state index >= 15 is 0 Å². The molecule has 0 saturated carbocycles. The molecule has 322 valence electrons. The fourth-order valence-corrected chi connectivity index (χ4v) is 5.32. The second-order valence-electron chi connectivity index (χ2n) is 9.16. The molecule has 0 heterocycles. The number of hydrogen-bond acceptors (Lipinski definition) is 2. The molecule has 0 amide bonds. The Morgan fingerprint density at radius 1 is 0.296 bits per heavy atom. The molecule has 37 heteroatoms. The molecule has 54 heavy (non-hydrogen) atoms. The summed E-state index contributed by atoms with van der Waals surface area (Å²) in [5.74, 6) is -98.9. The van der Waals surface area contributed by atoms with Crippen LogP contribution in [0.3, 0.4) is 0 Å². The normalized spacial score (nSPS) is 16.0. The Bertz CT molecular complexity index is 1390. The first kappa shape index (κ1) is 50.9. The first-order valence-electron chi connectivity index (χ1n) is 11.0. The van der Waals surface area contributed by atoms with E-state index in [0.29, 0.717) is 0 Å². The van der Waals surface area contributed by atoms with Crippen LogP contribution in [-0.2, 0) is 8.85 Å². The predicted octanol–water partition coefficient (Wildman–Crippen LogP) is 11.7. The Balaban J connectivity index is 8.52. The van der Waals surface area contributed by atoms with Gasteiger partial charge in [0, 0.05) is 0 Å². The molecule has 0 aromatic heterocycles. The Morgan fingerprint density at radius 3 is 0.667 bits per heavy atom. The molecule has 0 aliphatic rings. The van der Waals surface area contributed by atoms with Crippen LogP contribution < -0.4 is 0 Å². The molecule has 2 nitrogen and oxygen atoms in total. The van der Waals surface area contributed by atoms with Crippen LogP contribution in [0.5, 0.6) is 0 Å². The highest BCUT2D eigenvalue weighted by Gasteiger charge is 3.01. The Hall–Kier alpha value is -3.08. The topological polar surface area (TPSA) is 18.5 Å². The van der Waals surface area contributed by atoms with Crippen molar-refractivity contribution in [2.45, 2.75) is 77.3 Å². The van der Waals surface area contributed by atoms with Crippen molar-refractivity contribution in [1.29, 1.82) is 0 Å². The maximum atomic E-state index is 14.8. The summed E-state index contributed by atoms with van der Waals surface area (Å²) in [5.41, 5.74) is -9.93.